The van der Waals surface area contributed by atoms with Crippen molar-refractivity contribution >= 4 is 25.6 Å². The van der Waals surface area contributed by atoms with Crippen molar-refractivity contribution in [3.05, 3.63) is 25.3 Å². The number of hydrogen-bond donors (Lipinski definition) is 2. The Hall–Kier alpha value is -2.00. The fourth-order valence-corrected chi connectivity index (χ4v) is 2.41. The highest BCUT2D eigenvalue weighted by molar-refractivity contribution is 7.48. The molecule has 0 atom stereocenters. The number of carbonyl (C=O) groups is 3. The van der Waals surface area contributed by atoms with Gasteiger partial charge in [0.15, 0.2) is 0 Å². The van der Waals surface area contributed by atoms with E-state index in [-0.39, 0.29) is 39.5 Å². The summed E-state index contributed by atoms with van der Waals surface area (Å²) in [4.78, 5) is 32.7. The molecular formula is C14H23N2O8P. The summed E-state index contributed by atoms with van der Waals surface area (Å²) in [6, 6.07) is 0. The second-order valence-electron chi connectivity index (χ2n) is 4.28. The Bertz CT molecular complexity index is 491. The summed E-state index contributed by atoms with van der Waals surface area (Å²) >= 11 is 0. The van der Waals surface area contributed by atoms with Crippen LogP contribution < -0.4 is 10.6 Å². The van der Waals surface area contributed by atoms with Gasteiger partial charge in [-0.2, -0.15) is 0 Å². The van der Waals surface area contributed by atoms with E-state index in [0.29, 0.717) is 0 Å². The lowest BCUT2D eigenvalue weighted by Crippen LogP contribution is -2.26. The summed E-state index contributed by atoms with van der Waals surface area (Å²) in [5.74, 6) is -1.34. The van der Waals surface area contributed by atoms with E-state index in [9.17, 15) is 18.9 Å². The van der Waals surface area contributed by atoms with Crippen molar-refractivity contribution in [1.29, 1.82) is 0 Å². The molecule has 0 saturated heterocycles. The minimum atomic E-state index is -3.96. The third kappa shape index (κ3) is 13.0. The number of phosphoric acid groups is 1. The second-order valence-corrected chi connectivity index (χ2v) is 5.95. The summed E-state index contributed by atoms with van der Waals surface area (Å²) in [7, 11) is -3.96. The molecule has 0 radical (unpaired) electrons. The summed E-state index contributed by atoms with van der Waals surface area (Å²) in [5.41, 5.74) is 0. The number of ether oxygens (including phenoxy) is 1. The van der Waals surface area contributed by atoms with Gasteiger partial charge < -0.3 is 15.4 Å². The van der Waals surface area contributed by atoms with E-state index in [0.717, 1.165) is 12.2 Å². The van der Waals surface area contributed by atoms with Gasteiger partial charge in [-0.15, -0.1) is 0 Å². The molecule has 0 fully saturated rings. The summed E-state index contributed by atoms with van der Waals surface area (Å²) < 4.78 is 32.2. The quantitative estimate of drug-likeness (QED) is 0.191. The summed E-state index contributed by atoms with van der Waals surface area (Å²) in [6.45, 7) is 7.25. The normalized spacial score (nSPS) is 10.6. The zero-order valence-electron chi connectivity index (χ0n) is 14.0. The van der Waals surface area contributed by atoms with Crippen molar-refractivity contribution in [2.45, 2.75) is 6.92 Å². The maximum atomic E-state index is 12.4. The van der Waals surface area contributed by atoms with Crippen molar-refractivity contribution in [3.8, 4) is 0 Å². The van der Waals surface area contributed by atoms with Gasteiger partial charge in [0.25, 0.3) is 0 Å². The number of rotatable bonds is 14. The van der Waals surface area contributed by atoms with Crippen LogP contribution in [0.2, 0.25) is 0 Å². The molecule has 0 saturated carbocycles. The van der Waals surface area contributed by atoms with Crippen LogP contribution in [0, 0.1) is 0 Å². The average Bonchev–Trinajstić information content (AvgIpc) is 2.59. The maximum Gasteiger partial charge on any atom is 0.475 e. The van der Waals surface area contributed by atoms with Gasteiger partial charge in [-0.05, 0) is 12.2 Å². The first-order valence-electron chi connectivity index (χ1n) is 7.30. The van der Waals surface area contributed by atoms with Gasteiger partial charge in [-0.1, -0.05) is 13.2 Å². The van der Waals surface area contributed by atoms with Gasteiger partial charge in [-0.25, -0.2) is 4.57 Å². The fraction of sp³-hybridized carbons (Fsp3) is 0.500. The van der Waals surface area contributed by atoms with Crippen LogP contribution >= 0.6 is 7.82 Å². The highest BCUT2D eigenvalue weighted by Gasteiger charge is 2.26. The van der Waals surface area contributed by atoms with Gasteiger partial charge in [-0.3, -0.25) is 28.0 Å². The minimum Gasteiger partial charge on any atom is -0.463 e. The Labute approximate surface area is 146 Å². The first-order chi connectivity index (χ1) is 11.8. The third-order valence-corrected chi connectivity index (χ3v) is 3.81. The number of hydrogen-bond acceptors (Lipinski definition) is 8. The molecule has 2 amide bonds. The average molecular weight is 378 g/mol. The summed E-state index contributed by atoms with van der Waals surface area (Å²) in [5, 5.41) is 4.85. The zero-order valence-corrected chi connectivity index (χ0v) is 14.9. The van der Waals surface area contributed by atoms with Crippen molar-refractivity contribution in [1.82, 2.24) is 10.6 Å². The van der Waals surface area contributed by atoms with Gasteiger partial charge in [0, 0.05) is 20.0 Å². The van der Waals surface area contributed by atoms with Crippen LogP contribution in [0.4, 0.5) is 0 Å². The molecular weight excluding hydrogens is 355 g/mol. The number of carbonyl (C=O) groups excluding carboxylic acids is 3. The second kappa shape index (κ2) is 13.3. The van der Waals surface area contributed by atoms with Crippen LogP contribution in [0.15, 0.2) is 25.3 Å². The van der Waals surface area contributed by atoms with E-state index in [2.05, 4.69) is 28.5 Å². The van der Waals surface area contributed by atoms with Gasteiger partial charge >= 0.3 is 13.8 Å². The van der Waals surface area contributed by atoms with Gasteiger partial charge in [0.2, 0.25) is 11.8 Å². The first-order valence-corrected chi connectivity index (χ1v) is 8.76. The predicted octanol–water partition coefficient (Wildman–Crippen LogP) is 0.312. The number of amides is 2. The molecule has 0 aromatic rings. The Morgan fingerprint density at radius 3 is 1.72 bits per heavy atom. The van der Waals surface area contributed by atoms with Crippen molar-refractivity contribution in [3.63, 3.8) is 0 Å². The van der Waals surface area contributed by atoms with Crippen LogP contribution in [-0.2, 0) is 37.3 Å². The van der Waals surface area contributed by atoms with Crippen molar-refractivity contribution in [2.24, 2.45) is 0 Å². The number of phosphoric ester groups is 1. The van der Waals surface area contributed by atoms with E-state index in [1.165, 1.54) is 6.92 Å². The molecule has 142 valence electrons. The van der Waals surface area contributed by atoms with E-state index >= 15 is 0 Å². The van der Waals surface area contributed by atoms with Gasteiger partial charge in [0.1, 0.15) is 6.61 Å². The zero-order chi connectivity index (χ0) is 19.1. The van der Waals surface area contributed by atoms with E-state index in [4.69, 9.17) is 13.6 Å². The van der Waals surface area contributed by atoms with Crippen molar-refractivity contribution < 1.29 is 37.3 Å². The van der Waals surface area contributed by atoms with E-state index in [1.54, 1.807) is 0 Å². The van der Waals surface area contributed by atoms with Crippen LogP contribution in [0.1, 0.15) is 6.92 Å². The predicted molar refractivity (Wildman–Crippen MR) is 88.5 cm³/mol. The fourth-order valence-electron chi connectivity index (χ4n) is 1.25. The van der Waals surface area contributed by atoms with Crippen LogP contribution in [0.25, 0.3) is 0 Å². The van der Waals surface area contributed by atoms with Crippen LogP contribution in [-0.4, -0.2) is 57.3 Å². The van der Waals surface area contributed by atoms with Crippen LogP contribution in [0.5, 0.6) is 0 Å². The molecule has 0 unspecified atom stereocenters. The molecule has 2 N–H and O–H groups in total. The standard InChI is InChI=1S/C14H23N2O8P/c1-4-13(18)15-6-8-22-25(20,24-11-10-21-12(3)17)23-9-7-16-14(19)5-2/h4-5H,1-2,6-11H2,3H3,(H,15,18)(H,16,19). The molecule has 11 heteroatoms. The lowest BCUT2D eigenvalue weighted by molar-refractivity contribution is -0.141. The lowest BCUT2D eigenvalue weighted by atomic mass is 10.5. The number of esters is 1. The molecule has 0 aromatic carbocycles. The Morgan fingerprint density at radius 2 is 1.32 bits per heavy atom. The molecule has 25 heavy (non-hydrogen) atoms. The molecule has 0 aliphatic rings. The highest BCUT2D eigenvalue weighted by Crippen LogP contribution is 2.48. The maximum absolute atomic E-state index is 12.4. The Morgan fingerprint density at radius 1 is 0.880 bits per heavy atom. The van der Waals surface area contributed by atoms with E-state index < -0.39 is 25.6 Å². The Kier molecular flexibility index (Phi) is 12.2. The first kappa shape index (κ1) is 23.0. The SMILES string of the molecule is C=CC(=O)NCCOP(=O)(OCCNC(=O)C=C)OCCOC(C)=O. The molecule has 0 aromatic heterocycles. The minimum absolute atomic E-state index is 0.0543. The molecule has 0 aliphatic carbocycles. The monoisotopic (exact) mass is 378 g/mol. The van der Waals surface area contributed by atoms with Crippen molar-refractivity contribution in [2.75, 3.05) is 39.5 Å². The molecule has 0 rings (SSSR count). The number of nitrogens with one attached hydrogen (secondary N) is 2. The molecule has 10 nitrogen and oxygen atoms in total. The van der Waals surface area contributed by atoms with Crippen LogP contribution in [0.3, 0.4) is 0 Å². The highest BCUT2D eigenvalue weighted by atomic mass is 31.2. The lowest BCUT2D eigenvalue weighted by Gasteiger charge is -2.18. The third-order valence-electron chi connectivity index (χ3n) is 2.31. The summed E-state index contributed by atoms with van der Waals surface area (Å²) in [6.07, 6.45) is 2.15. The Balaban J connectivity index is 4.36. The van der Waals surface area contributed by atoms with Gasteiger partial charge in [0.05, 0.1) is 19.8 Å². The molecule has 0 aliphatic heterocycles. The molecule has 0 spiro atoms. The van der Waals surface area contributed by atoms with E-state index in [1.807, 2.05) is 0 Å². The molecule has 0 heterocycles. The molecule has 0 bridgehead atoms. The largest absolute Gasteiger partial charge is 0.475 e. The smallest absolute Gasteiger partial charge is 0.463 e. The topological polar surface area (TPSA) is 129 Å².